The lowest BCUT2D eigenvalue weighted by Gasteiger charge is -2.02. The lowest BCUT2D eigenvalue weighted by atomic mass is 10.1. The van der Waals surface area contributed by atoms with Crippen LogP contribution in [0.3, 0.4) is 0 Å². The van der Waals surface area contributed by atoms with Crippen LogP contribution in [0.1, 0.15) is 31.9 Å². The summed E-state index contributed by atoms with van der Waals surface area (Å²) >= 11 is 0. The second-order valence-electron chi connectivity index (χ2n) is 2.61. The molecule has 0 saturated heterocycles. The van der Waals surface area contributed by atoms with E-state index >= 15 is 0 Å². The Morgan fingerprint density at radius 1 is 1.36 bits per heavy atom. The average molecular weight is 189 g/mol. The molecule has 0 amide bonds. The van der Waals surface area contributed by atoms with Gasteiger partial charge in [-0.3, -0.25) is 4.99 Å². The molecule has 1 heteroatoms. The van der Waals surface area contributed by atoms with Crippen LogP contribution in [0.4, 0.5) is 5.69 Å². The minimum Gasteiger partial charge on any atom is -0.264 e. The summed E-state index contributed by atoms with van der Waals surface area (Å²) in [5.74, 6) is 0. The maximum absolute atomic E-state index is 3.93. The number of aryl methyl sites for hydroxylation is 1. The summed E-state index contributed by atoms with van der Waals surface area (Å²) in [6, 6.07) is 6.16. The van der Waals surface area contributed by atoms with Crippen LogP contribution in [0.5, 0.6) is 0 Å². The van der Waals surface area contributed by atoms with Crippen LogP contribution in [0.25, 0.3) is 6.08 Å². The fourth-order valence-corrected chi connectivity index (χ4v) is 1.12. The van der Waals surface area contributed by atoms with Crippen LogP contribution in [-0.4, -0.2) is 6.72 Å². The Morgan fingerprint density at radius 3 is 2.43 bits per heavy atom. The van der Waals surface area contributed by atoms with Gasteiger partial charge in [0.1, 0.15) is 0 Å². The van der Waals surface area contributed by atoms with Gasteiger partial charge in [0.2, 0.25) is 0 Å². The first-order valence-electron chi connectivity index (χ1n) is 5.04. The number of rotatable bonds is 3. The molecule has 0 radical (unpaired) electrons. The first-order valence-corrected chi connectivity index (χ1v) is 5.04. The van der Waals surface area contributed by atoms with Gasteiger partial charge in [0.15, 0.2) is 0 Å². The monoisotopic (exact) mass is 189 g/mol. The minimum absolute atomic E-state index is 0.921. The van der Waals surface area contributed by atoms with Crippen molar-refractivity contribution in [3.8, 4) is 0 Å². The Kier molecular flexibility index (Phi) is 6.38. The largest absolute Gasteiger partial charge is 0.264 e. The van der Waals surface area contributed by atoms with E-state index < -0.39 is 0 Å². The summed E-state index contributed by atoms with van der Waals surface area (Å²) < 4.78 is 0. The highest BCUT2D eigenvalue weighted by molar-refractivity contribution is 5.65. The molecule has 76 valence electrons. The highest BCUT2D eigenvalue weighted by Gasteiger charge is 1.96. The van der Waals surface area contributed by atoms with E-state index in [1.807, 2.05) is 26.0 Å². The Morgan fingerprint density at radius 2 is 2.00 bits per heavy atom. The minimum atomic E-state index is 0.921. The molecular weight excluding hydrogens is 170 g/mol. The molecule has 1 aromatic rings. The summed E-state index contributed by atoms with van der Waals surface area (Å²) in [5, 5.41) is 0. The smallest absolute Gasteiger partial charge is 0.0697 e. The third kappa shape index (κ3) is 3.17. The summed E-state index contributed by atoms with van der Waals surface area (Å²) in [7, 11) is 0. The maximum Gasteiger partial charge on any atom is 0.0697 e. The van der Waals surface area contributed by atoms with Crippen LogP contribution in [0.15, 0.2) is 29.8 Å². The molecule has 0 spiro atoms. The second kappa shape index (κ2) is 7.07. The van der Waals surface area contributed by atoms with Gasteiger partial charge in [0.05, 0.1) is 5.69 Å². The summed E-state index contributed by atoms with van der Waals surface area (Å²) in [4.78, 5) is 3.93. The Labute approximate surface area is 87.2 Å². The first-order chi connectivity index (χ1) is 6.81. The standard InChI is InChI=1S/C11H13N.C2H6/c1-4-9-6-7-10(5-2)11(8-9)12-3;1-2/h5-8H,2-4H2,1H3;1-2H3. The number of aliphatic imine (C=N–C) groups is 1. The van der Waals surface area contributed by atoms with Crippen LogP contribution in [0, 0.1) is 0 Å². The summed E-state index contributed by atoms with van der Waals surface area (Å²) in [5.41, 5.74) is 3.24. The van der Waals surface area contributed by atoms with E-state index in [0.29, 0.717) is 0 Å². The van der Waals surface area contributed by atoms with Gasteiger partial charge in [0.25, 0.3) is 0 Å². The maximum atomic E-state index is 3.93. The van der Waals surface area contributed by atoms with E-state index in [1.165, 1.54) is 5.56 Å². The van der Waals surface area contributed by atoms with Crippen molar-refractivity contribution in [3.63, 3.8) is 0 Å². The Hall–Kier alpha value is -1.37. The molecule has 0 aliphatic heterocycles. The lowest BCUT2D eigenvalue weighted by Crippen LogP contribution is -1.80. The fourth-order valence-electron chi connectivity index (χ4n) is 1.12. The molecule has 0 N–H and O–H groups in total. The molecule has 0 aliphatic rings. The molecule has 0 atom stereocenters. The lowest BCUT2D eigenvalue weighted by molar-refractivity contribution is 1.14. The Bertz CT molecular complexity index is 300. The van der Waals surface area contributed by atoms with Crippen molar-refractivity contribution in [2.45, 2.75) is 27.2 Å². The quantitative estimate of drug-likeness (QED) is 0.630. The van der Waals surface area contributed by atoms with Crippen molar-refractivity contribution in [2.75, 3.05) is 0 Å². The number of hydrogen-bond donors (Lipinski definition) is 0. The zero-order valence-corrected chi connectivity index (χ0v) is 9.38. The van der Waals surface area contributed by atoms with Crippen molar-refractivity contribution >= 4 is 18.5 Å². The number of hydrogen-bond acceptors (Lipinski definition) is 1. The summed E-state index contributed by atoms with van der Waals surface area (Å²) in [6.45, 7) is 13.3. The van der Waals surface area contributed by atoms with Gasteiger partial charge in [-0.25, -0.2) is 0 Å². The van der Waals surface area contributed by atoms with E-state index in [2.05, 4.69) is 31.3 Å². The topological polar surface area (TPSA) is 12.4 Å². The van der Waals surface area contributed by atoms with Gasteiger partial charge in [-0.15, -0.1) is 0 Å². The molecule has 1 rings (SSSR count). The van der Waals surface area contributed by atoms with Gasteiger partial charge >= 0.3 is 0 Å². The normalized spacial score (nSPS) is 8.50. The molecule has 0 aliphatic carbocycles. The van der Waals surface area contributed by atoms with Gasteiger partial charge in [0, 0.05) is 0 Å². The van der Waals surface area contributed by atoms with E-state index in [9.17, 15) is 0 Å². The van der Waals surface area contributed by atoms with Gasteiger partial charge < -0.3 is 0 Å². The van der Waals surface area contributed by atoms with Crippen molar-refractivity contribution in [1.82, 2.24) is 0 Å². The average Bonchev–Trinajstić information content (AvgIpc) is 2.30. The third-order valence-electron chi connectivity index (χ3n) is 1.89. The van der Waals surface area contributed by atoms with E-state index in [4.69, 9.17) is 0 Å². The molecule has 14 heavy (non-hydrogen) atoms. The highest BCUT2D eigenvalue weighted by atomic mass is 14.7. The van der Waals surface area contributed by atoms with Crippen LogP contribution < -0.4 is 0 Å². The van der Waals surface area contributed by atoms with E-state index in [1.54, 1.807) is 6.08 Å². The molecule has 0 bridgehead atoms. The molecule has 0 unspecified atom stereocenters. The van der Waals surface area contributed by atoms with Gasteiger partial charge in [-0.05, 0) is 30.3 Å². The molecule has 0 heterocycles. The molecular formula is C13H19N. The second-order valence-corrected chi connectivity index (χ2v) is 2.61. The number of nitrogens with zero attached hydrogens (tertiary/aromatic N) is 1. The van der Waals surface area contributed by atoms with E-state index in [0.717, 1.165) is 17.7 Å². The molecule has 0 saturated carbocycles. The predicted octanol–water partition coefficient (Wildman–Crippen LogP) is 4.25. The highest BCUT2D eigenvalue weighted by Crippen LogP contribution is 2.21. The van der Waals surface area contributed by atoms with Crippen LogP contribution in [0.2, 0.25) is 0 Å². The fraction of sp³-hybridized carbons (Fsp3) is 0.308. The van der Waals surface area contributed by atoms with Crippen molar-refractivity contribution in [3.05, 3.63) is 35.9 Å². The van der Waals surface area contributed by atoms with Gasteiger partial charge in [-0.2, -0.15) is 0 Å². The molecule has 0 fully saturated rings. The van der Waals surface area contributed by atoms with E-state index in [-0.39, 0.29) is 0 Å². The molecule has 0 aromatic heterocycles. The van der Waals surface area contributed by atoms with Crippen LogP contribution in [-0.2, 0) is 6.42 Å². The predicted molar refractivity (Wildman–Crippen MR) is 66.5 cm³/mol. The van der Waals surface area contributed by atoms with Crippen LogP contribution >= 0.6 is 0 Å². The van der Waals surface area contributed by atoms with Crippen molar-refractivity contribution in [2.24, 2.45) is 4.99 Å². The SMILES string of the molecule is C=Cc1ccc(CC)cc1N=C.CC. The zero-order chi connectivity index (χ0) is 11.0. The Balaban J connectivity index is 0.000000791. The number of benzene rings is 1. The third-order valence-corrected chi connectivity index (χ3v) is 1.89. The zero-order valence-electron chi connectivity index (χ0n) is 9.38. The molecule has 1 aromatic carbocycles. The molecule has 1 nitrogen and oxygen atoms in total. The van der Waals surface area contributed by atoms with Crippen molar-refractivity contribution < 1.29 is 0 Å². The van der Waals surface area contributed by atoms with Gasteiger partial charge in [-0.1, -0.05) is 45.6 Å². The van der Waals surface area contributed by atoms with Crippen molar-refractivity contribution in [1.29, 1.82) is 0 Å². The summed E-state index contributed by atoms with van der Waals surface area (Å²) in [6.07, 6.45) is 2.82. The first kappa shape index (κ1) is 12.6.